The Morgan fingerprint density at radius 3 is 2.84 bits per heavy atom. The molecule has 164 valence electrons. The van der Waals surface area contributed by atoms with Gasteiger partial charge in [-0.25, -0.2) is 0 Å². The van der Waals surface area contributed by atoms with Crippen LogP contribution in [-0.4, -0.2) is 37.1 Å². The molecule has 1 aliphatic rings. The molecule has 0 spiro atoms. The van der Waals surface area contributed by atoms with Crippen molar-refractivity contribution in [2.75, 3.05) is 12.1 Å². The number of para-hydroxylation sites is 1. The summed E-state index contributed by atoms with van der Waals surface area (Å²) in [6.07, 6.45) is 0.789. The number of hydrogen-bond acceptors (Lipinski definition) is 7. The Bertz CT molecular complexity index is 1400. The third-order valence-electron chi connectivity index (χ3n) is 5.22. The van der Waals surface area contributed by atoms with Crippen molar-refractivity contribution in [3.05, 3.63) is 52.8 Å². The number of carbonyl (C=O) groups is 1. The molecule has 0 saturated carbocycles. The first-order valence-electron chi connectivity index (χ1n) is 10.3. The number of carbonyl (C=O) groups excluding carboxylic acids is 1. The largest absolute Gasteiger partial charge is 0.454 e. The summed E-state index contributed by atoms with van der Waals surface area (Å²) in [6, 6.07) is 12.6. The standard InChI is InChI=1S/C22H21N5O4S/c1-3-10-26-20(29)15-6-4-5-7-16(15)27-21(26)24-25-22(27)32-13(2)19(28)23-14-8-9-17-18(11-14)31-12-30-17/h4-9,11,13H,3,10,12H2,1-2H3,(H,23,28)/t13-/m1/s1. The number of rotatable bonds is 6. The lowest BCUT2D eigenvalue weighted by Crippen LogP contribution is -2.24. The molecule has 10 heteroatoms. The Morgan fingerprint density at radius 2 is 2.00 bits per heavy atom. The lowest BCUT2D eigenvalue weighted by molar-refractivity contribution is -0.115. The first-order valence-corrected chi connectivity index (χ1v) is 11.2. The van der Waals surface area contributed by atoms with Gasteiger partial charge in [-0.15, -0.1) is 10.2 Å². The van der Waals surface area contributed by atoms with Gasteiger partial charge < -0.3 is 14.8 Å². The summed E-state index contributed by atoms with van der Waals surface area (Å²) in [5.74, 6) is 1.55. The summed E-state index contributed by atoms with van der Waals surface area (Å²) in [7, 11) is 0. The van der Waals surface area contributed by atoms with Crippen LogP contribution in [0, 0.1) is 0 Å². The van der Waals surface area contributed by atoms with Crippen LogP contribution in [0.4, 0.5) is 5.69 Å². The van der Waals surface area contributed by atoms with Crippen LogP contribution in [0.3, 0.4) is 0 Å². The topological polar surface area (TPSA) is 99.8 Å². The van der Waals surface area contributed by atoms with Crippen molar-refractivity contribution in [1.29, 1.82) is 0 Å². The average Bonchev–Trinajstić information content (AvgIpc) is 3.43. The van der Waals surface area contributed by atoms with Gasteiger partial charge in [-0.1, -0.05) is 30.8 Å². The highest BCUT2D eigenvalue weighted by atomic mass is 32.2. The summed E-state index contributed by atoms with van der Waals surface area (Å²) < 4.78 is 14.2. The number of nitrogens with one attached hydrogen (secondary N) is 1. The van der Waals surface area contributed by atoms with Crippen LogP contribution < -0.4 is 20.3 Å². The van der Waals surface area contributed by atoms with Crippen molar-refractivity contribution >= 4 is 40.0 Å². The number of ether oxygens (including phenoxy) is 2. The van der Waals surface area contributed by atoms with Crippen LogP contribution in [0.15, 0.2) is 52.4 Å². The zero-order chi connectivity index (χ0) is 22.2. The number of nitrogens with zero attached hydrogens (tertiary/aromatic N) is 4. The fourth-order valence-electron chi connectivity index (χ4n) is 3.66. The second-order valence-electron chi connectivity index (χ2n) is 7.41. The minimum absolute atomic E-state index is 0.0903. The second kappa shape index (κ2) is 8.19. The Balaban J connectivity index is 1.46. The summed E-state index contributed by atoms with van der Waals surface area (Å²) in [5, 5.41) is 12.2. The lowest BCUT2D eigenvalue weighted by atomic mass is 10.2. The molecule has 2 aromatic heterocycles. The van der Waals surface area contributed by atoms with Gasteiger partial charge in [-0.2, -0.15) is 0 Å². The molecule has 3 heterocycles. The van der Waals surface area contributed by atoms with Gasteiger partial charge >= 0.3 is 0 Å². The first-order chi connectivity index (χ1) is 15.6. The van der Waals surface area contributed by atoms with E-state index in [2.05, 4.69) is 15.5 Å². The van der Waals surface area contributed by atoms with E-state index in [9.17, 15) is 9.59 Å². The summed E-state index contributed by atoms with van der Waals surface area (Å²) in [6.45, 7) is 4.52. The fourth-order valence-corrected chi connectivity index (χ4v) is 4.52. The molecule has 0 aliphatic carbocycles. The van der Waals surface area contributed by atoms with Crippen molar-refractivity contribution in [1.82, 2.24) is 19.2 Å². The molecule has 9 nitrogen and oxygen atoms in total. The van der Waals surface area contributed by atoms with Crippen LogP contribution in [0.5, 0.6) is 11.5 Å². The molecule has 5 rings (SSSR count). The summed E-state index contributed by atoms with van der Waals surface area (Å²) in [5.41, 5.74) is 1.25. The van der Waals surface area contributed by atoms with Gasteiger partial charge in [0.25, 0.3) is 5.56 Å². The lowest BCUT2D eigenvalue weighted by Gasteiger charge is -2.13. The zero-order valence-electron chi connectivity index (χ0n) is 17.6. The molecule has 4 aromatic rings. The molecule has 0 unspecified atom stereocenters. The Kier molecular flexibility index (Phi) is 5.22. The van der Waals surface area contributed by atoms with Gasteiger partial charge in [-0.05, 0) is 37.6 Å². The van der Waals surface area contributed by atoms with E-state index in [4.69, 9.17) is 9.47 Å². The number of aryl methyl sites for hydroxylation is 1. The number of amides is 1. The van der Waals surface area contributed by atoms with Crippen molar-refractivity contribution in [2.24, 2.45) is 0 Å². The fraction of sp³-hybridized carbons (Fsp3) is 0.273. The van der Waals surface area contributed by atoms with E-state index in [0.29, 0.717) is 40.1 Å². The third kappa shape index (κ3) is 3.46. The number of fused-ring (bicyclic) bond motifs is 4. The zero-order valence-corrected chi connectivity index (χ0v) is 18.4. The highest BCUT2D eigenvalue weighted by Gasteiger charge is 2.22. The van der Waals surface area contributed by atoms with E-state index < -0.39 is 5.25 Å². The smallest absolute Gasteiger partial charge is 0.262 e. The van der Waals surface area contributed by atoms with E-state index in [-0.39, 0.29) is 18.3 Å². The molecule has 32 heavy (non-hydrogen) atoms. The SMILES string of the molecule is CCCn1c(=O)c2ccccc2n2c(S[C@H](C)C(=O)Nc3ccc4c(c3)OCO4)nnc12. The van der Waals surface area contributed by atoms with Crippen LogP contribution in [0.25, 0.3) is 16.7 Å². The second-order valence-corrected chi connectivity index (χ2v) is 8.72. The highest BCUT2D eigenvalue weighted by Crippen LogP contribution is 2.34. The number of anilines is 1. The molecule has 0 fully saturated rings. The monoisotopic (exact) mass is 451 g/mol. The predicted molar refractivity (Wildman–Crippen MR) is 122 cm³/mol. The summed E-state index contributed by atoms with van der Waals surface area (Å²) in [4.78, 5) is 25.8. The predicted octanol–water partition coefficient (Wildman–Crippen LogP) is 3.30. The Labute approximate surface area is 187 Å². The molecule has 2 aromatic carbocycles. The van der Waals surface area contributed by atoms with Gasteiger partial charge in [0.15, 0.2) is 16.7 Å². The maximum Gasteiger partial charge on any atom is 0.262 e. The van der Waals surface area contributed by atoms with E-state index in [1.165, 1.54) is 11.8 Å². The van der Waals surface area contributed by atoms with Gasteiger partial charge in [0, 0.05) is 18.3 Å². The van der Waals surface area contributed by atoms with Gasteiger partial charge in [-0.3, -0.25) is 18.6 Å². The van der Waals surface area contributed by atoms with E-state index in [1.54, 1.807) is 35.8 Å². The maximum absolute atomic E-state index is 12.9. The molecular formula is C22H21N5O4S. The molecule has 1 atom stereocenters. The van der Waals surface area contributed by atoms with Crippen molar-refractivity contribution in [2.45, 2.75) is 37.2 Å². The number of hydrogen-bond donors (Lipinski definition) is 1. The Hall–Kier alpha value is -3.53. The molecule has 1 aliphatic heterocycles. The minimum Gasteiger partial charge on any atom is -0.454 e. The van der Waals surface area contributed by atoms with Crippen molar-refractivity contribution in [3.63, 3.8) is 0 Å². The van der Waals surface area contributed by atoms with Crippen LogP contribution >= 0.6 is 11.8 Å². The third-order valence-corrected chi connectivity index (χ3v) is 6.26. The van der Waals surface area contributed by atoms with Gasteiger partial charge in [0.05, 0.1) is 16.2 Å². The molecular weight excluding hydrogens is 430 g/mol. The number of benzene rings is 2. The minimum atomic E-state index is -0.460. The number of thioether (sulfide) groups is 1. The van der Waals surface area contributed by atoms with Crippen molar-refractivity contribution < 1.29 is 14.3 Å². The summed E-state index contributed by atoms with van der Waals surface area (Å²) >= 11 is 1.29. The normalized spacial score (nSPS) is 13.6. The molecule has 1 amide bonds. The van der Waals surface area contributed by atoms with E-state index >= 15 is 0 Å². The first kappa shape index (κ1) is 20.4. The number of aromatic nitrogens is 4. The van der Waals surface area contributed by atoms with Crippen LogP contribution in [0.1, 0.15) is 20.3 Å². The van der Waals surface area contributed by atoms with Gasteiger partial charge in [0.1, 0.15) is 0 Å². The van der Waals surface area contributed by atoms with Crippen LogP contribution in [-0.2, 0) is 11.3 Å². The average molecular weight is 452 g/mol. The van der Waals surface area contributed by atoms with Crippen molar-refractivity contribution in [3.8, 4) is 11.5 Å². The van der Waals surface area contributed by atoms with E-state index in [0.717, 1.165) is 11.9 Å². The van der Waals surface area contributed by atoms with Crippen LogP contribution in [0.2, 0.25) is 0 Å². The quantitative estimate of drug-likeness (QED) is 0.449. The van der Waals surface area contributed by atoms with E-state index in [1.807, 2.05) is 29.5 Å². The molecule has 0 saturated heterocycles. The maximum atomic E-state index is 12.9. The molecule has 0 radical (unpaired) electrons. The van der Waals surface area contributed by atoms with Gasteiger partial charge in [0.2, 0.25) is 18.5 Å². The molecule has 0 bridgehead atoms. The highest BCUT2D eigenvalue weighted by molar-refractivity contribution is 8.00. The molecule has 1 N–H and O–H groups in total. The Morgan fingerprint density at radius 1 is 1.19 bits per heavy atom.